The molecule has 1 aliphatic heterocycles. The molecule has 1 fully saturated rings. The number of aryl methyl sites for hydroxylation is 1. The van der Waals surface area contributed by atoms with E-state index in [2.05, 4.69) is 0 Å². The van der Waals surface area contributed by atoms with E-state index >= 15 is 0 Å². The Labute approximate surface area is 146 Å². The van der Waals surface area contributed by atoms with Crippen LogP contribution >= 0.6 is 11.3 Å². The summed E-state index contributed by atoms with van der Waals surface area (Å²) in [6.07, 6.45) is 2.64. The fourth-order valence-corrected chi connectivity index (χ4v) is 4.06. The van der Waals surface area contributed by atoms with E-state index in [4.69, 9.17) is 0 Å². The van der Waals surface area contributed by atoms with Crippen LogP contribution in [-0.2, 0) is 6.42 Å². The molecule has 1 aromatic heterocycles. The number of rotatable bonds is 5. The lowest BCUT2D eigenvalue weighted by atomic mass is 10.0. The molecule has 2 heterocycles. The molecule has 0 radical (unpaired) electrons. The average Bonchev–Trinajstić information content (AvgIpc) is 3.26. The Bertz CT molecular complexity index is 699. The first kappa shape index (κ1) is 17.0. The SMILES string of the molecule is CCc1ccc(O)c(C(=O)N2CCCC2CC(O)c2cccs2)c1. The van der Waals surface area contributed by atoms with Gasteiger partial charge in [-0.3, -0.25) is 4.79 Å². The topological polar surface area (TPSA) is 60.8 Å². The number of aromatic hydroxyl groups is 1. The molecule has 0 bridgehead atoms. The minimum absolute atomic E-state index is 0.0132. The fraction of sp³-hybridized carbons (Fsp3) is 0.421. The first-order valence-corrected chi connectivity index (χ1v) is 9.32. The van der Waals surface area contributed by atoms with Gasteiger partial charge in [-0.05, 0) is 54.8 Å². The summed E-state index contributed by atoms with van der Waals surface area (Å²) in [7, 11) is 0. The second-order valence-corrected chi connectivity index (χ2v) is 7.25. The molecule has 1 aliphatic rings. The number of phenolic OH excluding ortho intramolecular Hbond substituents is 1. The first-order valence-electron chi connectivity index (χ1n) is 8.44. The Hall–Kier alpha value is -1.85. The van der Waals surface area contributed by atoms with E-state index in [0.29, 0.717) is 18.5 Å². The van der Waals surface area contributed by atoms with Gasteiger partial charge in [0.1, 0.15) is 5.75 Å². The lowest BCUT2D eigenvalue weighted by Gasteiger charge is -2.27. The van der Waals surface area contributed by atoms with Gasteiger partial charge in [-0.2, -0.15) is 0 Å². The summed E-state index contributed by atoms with van der Waals surface area (Å²) < 4.78 is 0. The third kappa shape index (κ3) is 3.47. The van der Waals surface area contributed by atoms with E-state index in [-0.39, 0.29) is 17.7 Å². The van der Waals surface area contributed by atoms with Gasteiger partial charge in [-0.15, -0.1) is 11.3 Å². The maximum atomic E-state index is 12.9. The van der Waals surface area contributed by atoms with Crippen molar-refractivity contribution in [2.75, 3.05) is 6.54 Å². The Kier molecular flexibility index (Phi) is 5.21. The number of hydrogen-bond donors (Lipinski definition) is 2. The average molecular weight is 345 g/mol. The van der Waals surface area contributed by atoms with Crippen molar-refractivity contribution >= 4 is 17.2 Å². The number of benzene rings is 1. The quantitative estimate of drug-likeness (QED) is 0.868. The van der Waals surface area contributed by atoms with Crippen LogP contribution in [0.5, 0.6) is 5.75 Å². The van der Waals surface area contributed by atoms with Crippen molar-refractivity contribution < 1.29 is 15.0 Å². The predicted molar refractivity (Wildman–Crippen MR) is 95.4 cm³/mol. The molecule has 4 nitrogen and oxygen atoms in total. The van der Waals surface area contributed by atoms with Crippen molar-refractivity contribution in [2.24, 2.45) is 0 Å². The van der Waals surface area contributed by atoms with Gasteiger partial charge >= 0.3 is 0 Å². The Morgan fingerprint density at radius 2 is 2.25 bits per heavy atom. The van der Waals surface area contributed by atoms with Crippen molar-refractivity contribution in [1.29, 1.82) is 0 Å². The van der Waals surface area contributed by atoms with Crippen LogP contribution in [0.1, 0.15) is 53.1 Å². The second-order valence-electron chi connectivity index (χ2n) is 6.27. The number of likely N-dealkylation sites (tertiary alicyclic amines) is 1. The van der Waals surface area contributed by atoms with Crippen LogP contribution < -0.4 is 0 Å². The van der Waals surface area contributed by atoms with Gasteiger partial charge < -0.3 is 15.1 Å². The smallest absolute Gasteiger partial charge is 0.257 e. The summed E-state index contributed by atoms with van der Waals surface area (Å²) in [5, 5.41) is 22.4. The molecule has 3 rings (SSSR count). The molecular formula is C19H23NO3S. The number of aliphatic hydroxyl groups is 1. The number of phenols is 1. The number of carbonyl (C=O) groups excluding carboxylic acids is 1. The maximum absolute atomic E-state index is 12.9. The van der Waals surface area contributed by atoms with Gasteiger partial charge in [-0.25, -0.2) is 0 Å². The highest BCUT2D eigenvalue weighted by atomic mass is 32.1. The predicted octanol–water partition coefficient (Wildman–Crippen LogP) is 3.74. The fourth-order valence-electron chi connectivity index (χ4n) is 3.33. The molecule has 2 atom stereocenters. The van der Waals surface area contributed by atoms with Crippen molar-refractivity contribution in [3.8, 4) is 5.75 Å². The number of carbonyl (C=O) groups is 1. The van der Waals surface area contributed by atoms with Gasteiger partial charge in [0.15, 0.2) is 0 Å². The van der Waals surface area contributed by atoms with Crippen LogP contribution in [0.2, 0.25) is 0 Å². The molecule has 0 spiro atoms. The van der Waals surface area contributed by atoms with E-state index in [0.717, 1.165) is 29.7 Å². The van der Waals surface area contributed by atoms with E-state index in [1.807, 2.05) is 35.4 Å². The Morgan fingerprint density at radius 3 is 2.96 bits per heavy atom. The molecule has 24 heavy (non-hydrogen) atoms. The summed E-state index contributed by atoms with van der Waals surface area (Å²) in [6.45, 7) is 2.70. The van der Waals surface area contributed by atoms with Gasteiger partial charge in [0.2, 0.25) is 0 Å². The molecule has 2 N–H and O–H groups in total. The monoisotopic (exact) mass is 345 g/mol. The van der Waals surface area contributed by atoms with Crippen LogP contribution in [0.25, 0.3) is 0 Å². The molecular weight excluding hydrogens is 322 g/mol. The van der Waals surface area contributed by atoms with Crippen LogP contribution in [0, 0.1) is 0 Å². The maximum Gasteiger partial charge on any atom is 0.257 e. The largest absolute Gasteiger partial charge is 0.507 e. The van der Waals surface area contributed by atoms with Gasteiger partial charge in [-0.1, -0.05) is 19.1 Å². The molecule has 0 aliphatic carbocycles. The molecule has 1 aromatic carbocycles. The molecule has 2 unspecified atom stereocenters. The summed E-state index contributed by atoms with van der Waals surface area (Å²) in [4.78, 5) is 15.6. The first-order chi connectivity index (χ1) is 11.6. The normalized spacial score (nSPS) is 18.8. The van der Waals surface area contributed by atoms with E-state index in [1.165, 1.54) is 11.3 Å². The number of amides is 1. The Morgan fingerprint density at radius 1 is 1.42 bits per heavy atom. The summed E-state index contributed by atoms with van der Waals surface area (Å²) in [6, 6.07) is 9.08. The van der Waals surface area contributed by atoms with Crippen molar-refractivity contribution in [3.63, 3.8) is 0 Å². The number of hydrogen-bond acceptors (Lipinski definition) is 4. The lowest BCUT2D eigenvalue weighted by molar-refractivity contribution is 0.0667. The molecule has 1 saturated heterocycles. The highest BCUT2D eigenvalue weighted by Gasteiger charge is 2.32. The molecule has 2 aromatic rings. The van der Waals surface area contributed by atoms with Crippen LogP contribution in [0.15, 0.2) is 35.7 Å². The third-order valence-electron chi connectivity index (χ3n) is 4.70. The second kappa shape index (κ2) is 7.36. The lowest BCUT2D eigenvalue weighted by Crippen LogP contribution is -2.36. The summed E-state index contributed by atoms with van der Waals surface area (Å²) in [5.41, 5.74) is 1.40. The van der Waals surface area contributed by atoms with Crippen LogP contribution in [0.4, 0.5) is 0 Å². The molecule has 128 valence electrons. The molecule has 5 heteroatoms. The van der Waals surface area contributed by atoms with Crippen LogP contribution in [-0.4, -0.2) is 33.6 Å². The van der Waals surface area contributed by atoms with E-state index < -0.39 is 6.10 Å². The van der Waals surface area contributed by atoms with Crippen LogP contribution in [0.3, 0.4) is 0 Å². The highest BCUT2D eigenvalue weighted by Crippen LogP contribution is 2.31. The van der Waals surface area contributed by atoms with E-state index in [9.17, 15) is 15.0 Å². The third-order valence-corrected chi connectivity index (χ3v) is 5.68. The summed E-state index contributed by atoms with van der Waals surface area (Å²) >= 11 is 1.53. The zero-order valence-corrected chi connectivity index (χ0v) is 14.6. The van der Waals surface area contributed by atoms with Crippen molar-refractivity contribution in [1.82, 2.24) is 4.90 Å². The molecule has 1 amide bonds. The number of aliphatic hydroxyl groups excluding tert-OH is 1. The Balaban J connectivity index is 1.76. The molecule has 0 saturated carbocycles. The zero-order valence-electron chi connectivity index (χ0n) is 13.8. The standard InChI is InChI=1S/C19H23NO3S/c1-2-13-7-8-16(21)15(11-13)19(23)20-9-3-5-14(20)12-17(22)18-6-4-10-24-18/h4,6-8,10-11,14,17,21-22H,2-3,5,9,12H2,1H3. The highest BCUT2D eigenvalue weighted by molar-refractivity contribution is 7.10. The minimum atomic E-state index is -0.543. The zero-order chi connectivity index (χ0) is 17.1. The van der Waals surface area contributed by atoms with E-state index in [1.54, 1.807) is 12.1 Å². The van der Waals surface area contributed by atoms with Gasteiger partial charge in [0.25, 0.3) is 5.91 Å². The summed E-state index contributed by atoms with van der Waals surface area (Å²) in [5.74, 6) is -0.106. The van der Waals surface area contributed by atoms with Crippen molar-refractivity contribution in [2.45, 2.75) is 44.8 Å². The minimum Gasteiger partial charge on any atom is -0.507 e. The van der Waals surface area contributed by atoms with Gasteiger partial charge in [0, 0.05) is 17.5 Å². The number of thiophene rings is 1. The van der Waals surface area contributed by atoms with Crippen molar-refractivity contribution in [3.05, 3.63) is 51.7 Å². The van der Waals surface area contributed by atoms with Gasteiger partial charge in [0.05, 0.1) is 11.7 Å². The number of nitrogens with zero attached hydrogens (tertiary/aromatic N) is 1.